The van der Waals surface area contributed by atoms with Gasteiger partial charge in [0.1, 0.15) is 12.4 Å². The Balaban J connectivity index is 3.10. The largest absolute Gasteiger partial charge is 0.503 e. The second-order valence-electron chi connectivity index (χ2n) is 3.01. The SMILES string of the molecule is COc1cc(CCC=O)cc(C#N)c1O. The lowest BCUT2D eigenvalue weighted by atomic mass is 10.1. The molecule has 0 radical (unpaired) electrons. The van der Waals surface area contributed by atoms with E-state index in [1.165, 1.54) is 7.11 Å². The fourth-order valence-corrected chi connectivity index (χ4v) is 1.28. The van der Waals surface area contributed by atoms with Crippen LogP contribution >= 0.6 is 0 Å². The molecule has 1 aromatic carbocycles. The highest BCUT2D eigenvalue weighted by Crippen LogP contribution is 2.31. The van der Waals surface area contributed by atoms with Crippen LogP contribution in [0.4, 0.5) is 0 Å². The third kappa shape index (κ3) is 2.47. The van der Waals surface area contributed by atoms with Gasteiger partial charge in [0.25, 0.3) is 0 Å². The van der Waals surface area contributed by atoms with Crippen LogP contribution in [0.2, 0.25) is 0 Å². The highest BCUT2D eigenvalue weighted by Gasteiger charge is 2.09. The molecule has 1 N–H and O–H groups in total. The zero-order valence-corrected chi connectivity index (χ0v) is 8.36. The summed E-state index contributed by atoms with van der Waals surface area (Å²) in [5.41, 5.74) is 0.962. The van der Waals surface area contributed by atoms with Crippen molar-refractivity contribution in [3.8, 4) is 17.6 Å². The summed E-state index contributed by atoms with van der Waals surface area (Å²) in [6.45, 7) is 0. The van der Waals surface area contributed by atoms with Gasteiger partial charge in [0.05, 0.1) is 12.7 Å². The summed E-state index contributed by atoms with van der Waals surface area (Å²) in [5.74, 6) is 0.102. The van der Waals surface area contributed by atoms with Gasteiger partial charge in [-0.05, 0) is 24.1 Å². The molecule has 0 aliphatic carbocycles. The molecule has 15 heavy (non-hydrogen) atoms. The number of benzene rings is 1. The van der Waals surface area contributed by atoms with Crippen LogP contribution in [0.15, 0.2) is 12.1 Å². The van der Waals surface area contributed by atoms with Crippen LogP contribution in [-0.4, -0.2) is 18.5 Å². The van der Waals surface area contributed by atoms with Crippen LogP contribution in [0.1, 0.15) is 17.5 Å². The molecule has 0 aliphatic heterocycles. The number of phenolic OH excluding ortho intramolecular Hbond substituents is 1. The molecule has 0 unspecified atom stereocenters. The van der Waals surface area contributed by atoms with Gasteiger partial charge in [-0.1, -0.05) is 0 Å². The Morgan fingerprint density at radius 3 is 2.87 bits per heavy atom. The molecule has 4 nitrogen and oxygen atoms in total. The summed E-state index contributed by atoms with van der Waals surface area (Å²) in [7, 11) is 1.42. The Morgan fingerprint density at radius 1 is 1.60 bits per heavy atom. The van der Waals surface area contributed by atoms with Gasteiger partial charge >= 0.3 is 0 Å². The van der Waals surface area contributed by atoms with Gasteiger partial charge in [0.15, 0.2) is 11.5 Å². The molecule has 1 aromatic rings. The predicted molar refractivity (Wildman–Crippen MR) is 53.8 cm³/mol. The summed E-state index contributed by atoms with van der Waals surface area (Å²) >= 11 is 0. The molecule has 0 atom stereocenters. The Morgan fingerprint density at radius 2 is 2.33 bits per heavy atom. The molecule has 78 valence electrons. The van der Waals surface area contributed by atoms with E-state index >= 15 is 0 Å². The van der Waals surface area contributed by atoms with Crippen LogP contribution in [0, 0.1) is 11.3 Å². The number of aryl methyl sites for hydroxylation is 1. The van der Waals surface area contributed by atoms with E-state index in [1.54, 1.807) is 12.1 Å². The predicted octanol–water partition coefficient (Wildman–Crippen LogP) is 1.40. The number of aromatic hydroxyl groups is 1. The van der Waals surface area contributed by atoms with Crippen molar-refractivity contribution >= 4 is 6.29 Å². The third-order valence-corrected chi connectivity index (χ3v) is 2.03. The van der Waals surface area contributed by atoms with E-state index in [2.05, 4.69) is 0 Å². The van der Waals surface area contributed by atoms with Gasteiger partial charge in [0.2, 0.25) is 0 Å². The molecule has 1 rings (SSSR count). The Hall–Kier alpha value is -2.02. The molecule has 0 saturated heterocycles. The van der Waals surface area contributed by atoms with E-state index < -0.39 is 0 Å². The number of nitrogens with zero attached hydrogens (tertiary/aromatic N) is 1. The fraction of sp³-hybridized carbons (Fsp3) is 0.273. The number of hydrogen-bond acceptors (Lipinski definition) is 4. The van der Waals surface area contributed by atoms with Crippen LogP contribution in [0.3, 0.4) is 0 Å². The van der Waals surface area contributed by atoms with E-state index in [9.17, 15) is 9.90 Å². The minimum atomic E-state index is -0.158. The number of hydrogen-bond donors (Lipinski definition) is 1. The lowest BCUT2D eigenvalue weighted by molar-refractivity contribution is -0.107. The van der Waals surface area contributed by atoms with E-state index in [1.807, 2.05) is 6.07 Å². The first kappa shape index (κ1) is 11.1. The van der Waals surface area contributed by atoms with E-state index in [0.717, 1.165) is 11.8 Å². The molecule has 4 heteroatoms. The second-order valence-corrected chi connectivity index (χ2v) is 3.01. The summed E-state index contributed by atoms with van der Waals surface area (Å²) in [4.78, 5) is 10.2. The van der Waals surface area contributed by atoms with Crippen LogP contribution < -0.4 is 4.74 Å². The molecular formula is C11H11NO3. The third-order valence-electron chi connectivity index (χ3n) is 2.03. The second kappa shape index (κ2) is 5.01. The highest BCUT2D eigenvalue weighted by atomic mass is 16.5. The van der Waals surface area contributed by atoms with Crippen LogP contribution in [-0.2, 0) is 11.2 Å². The summed E-state index contributed by atoms with van der Waals surface area (Å²) < 4.78 is 4.92. The minimum Gasteiger partial charge on any atom is -0.503 e. The number of rotatable bonds is 4. The van der Waals surface area contributed by atoms with Gasteiger partial charge in [-0.2, -0.15) is 5.26 Å². The smallest absolute Gasteiger partial charge is 0.175 e. The standard InChI is InChI=1S/C11H11NO3/c1-15-10-6-8(3-2-4-13)5-9(7-12)11(10)14/h4-6,14H,2-3H2,1H3. The minimum absolute atomic E-state index is 0.158. The van der Waals surface area contributed by atoms with E-state index in [4.69, 9.17) is 10.00 Å². The molecule has 0 amide bonds. The summed E-state index contributed by atoms with van der Waals surface area (Å²) in [6.07, 6.45) is 1.74. The lowest BCUT2D eigenvalue weighted by Crippen LogP contribution is -1.92. The molecule has 0 heterocycles. The van der Waals surface area contributed by atoms with Gasteiger partial charge in [-0.3, -0.25) is 0 Å². The Kier molecular flexibility index (Phi) is 3.69. The Labute approximate surface area is 87.7 Å². The monoisotopic (exact) mass is 205 g/mol. The van der Waals surface area contributed by atoms with E-state index in [0.29, 0.717) is 12.8 Å². The lowest BCUT2D eigenvalue weighted by Gasteiger charge is -2.07. The van der Waals surface area contributed by atoms with Crippen molar-refractivity contribution in [2.24, 2.45) is 0 Å². The van der Waals surface area contributed by atoms with Crippen molar-refractivity contribution in [2.45, 2.75) is 12.8 Å². The number of carbonyl (C=O) groups excluding carboxylic acids is 1. The molecule has 0 aliphatic rings. The first-order valence-electron chi connectivity index (χ1n) is 4.46. The van der Waals surface area contributed by atoms with Crippen molar-refractivity contribution in [1.82, 2.24) is 0 Å². The Bertz CT molecular complexity index is 407. The topological polar surface area (TPSA) is 70.3 Å². The average Bonchev–Trinajstić information content (AvgIpc) is 2.27. The molecule has 0 aromatic heterocycles. The summed E-state index contributed by atoms with van der Waals surface area (Å²) in [5, 5.41) is 18.3. The van der Waals surface area contributed by atoms with Gasteiger partial charge in [-0.25, -0.2) is 0 Å². The zero-order valence-electron chi connectivity index (χ0n) is 8.36. The first-order chi connectivity index (χ1) is 7.22. The highest BCUT2D eigenvalue weighted by molar-refractivity contribution is 5.55. The van der Waals surface area contributed by atoms with Crippen molar-refractivity contribution in [3.05, 3.63) is 23.3 Å². The molecule has 0 saturated carbocycles. The summed E-state index contributed by atoms with van der Waals surface area (Å²) in [6, 6.07) is 5.05. The van der Waals surface area contributed by atoms with Crippen LogP contribution in [0.5, 0.6) is 11.5 Å². The molecular weight excluding hydrogens is 194 g/mol. The van der Waals surface area contributed by atoms with Crippen molar-refractivity contribution in [3.63, 3.8) is 0 Å². The normalized spacial score (nSPS) is 9.33. The van der Waals surface area contributed by atoms with E-state index in [-0.39, 0.29) is 17.1 Å². The molecule has 0 spiro atoms. The number of carbonyl (C=O) groups is 1. The van der Waals surface area contributed by atoms with Gasteiger partial charge in [0, 0.05) is 6.42 Å². The maximum atomic E-state index is 10.2. The quantitative estimate of drug-likeness (QED) is 0.754. The van der Waals surface area contributed by atoms with Crippen LogP contribution in [0.25, 0.3) is 0 Å². The van der Waals surface area contributed by atoms with Crippen molar-refractivity contribution in [2.75, 3.05) is 7.11 Å². The van der Waals surface area contributed by atoms with Crippen molar-refractivity contribution < 1.29 is 14.6 Å². The van der Waals surface area contributed by atoms with Gasteiger partial charge < -0.3 is 14.6 Å². The average molecular weight is 205 g/mol. The maximum absolute atomic E-state index is 10.2. The number of methoxy groups -OCH3 is 1. The fourth-order valence-electron chi connectivity index (χ4n) is 1.28. The first-order valence-corrected chi connectivity index (χ1v) is 4.46. The molecule has 0 fully saturated rings. The number of phenols is 1. The van der Waals surface area contributed by atoms with Gasteiger partial charge in [-0.15, -0.1) is 0 Å². The number of ether oxygens (including phenoxy) is 1. The van der Waals surface area contributed by atoms with Crippen molar-refractivity contribution in [1.29, 1.82) is 5.26 Å². The number of nitriles is 1. The zero-order chi connectivity index (χ0) is 11.3. The number of aldehydes is 1. The maximum Gasteiger partial charge on any atom is 0.175 e. The molecule has 0 bridgehead atoms.